The van der Waals surface area contributed by atoms with Crippen molar-refractivity contribution in [1.29, 1.82) is 0 Å². The molecule has 4 aliphatic carbocycles. The summed E-state index contributed by atoms with van der Waals surface area (Å²) in [5.74, 6) is 3.87. The highest BCUT2D eigenvalue weighted by molar-refractivity contribution is 7.92. The summed E-state index contributed by atoms with van der Waals surface area (Å²) < 4.78 is 29.1. The summed E-state index contributed by atoms with van der Waals surface area (Å²) in [6.07, 6.45) is 6.98. The van der Waals surface area contributed by atoms with E-state index in [0.717, 1.165) is 40.5 Å². The zero-order valence-electron chi connectivity index (χ0n) is 22.3. The first-order valence-corrected chi connectivity index (χ1v) is 15.3. The van der Waals surface area contributed by atoms with Crippen LogP contribution in [0.15, 0.2) is 65.6 Å². The molecule has 4 saturated carbocycles. The van der Waals surface area contributed by atoms with Gasteiger partial charge < -0.3 is 5.32 Å². The highest BCUT2D eigenvalue weighted by atomic mass is 32.2. The van der Waals surface area contributed by atoms with Gasteiger partial charge in [-0.15, -0.1) is 0 Å². The largest absolute Gasteiger partial charge is 0.322 e. The maximum absolute atomic E-state index is 13.2. The van der Waals surface area contributed by atoms with E-state index in [1.54, 1.807) is 25.1 Å². The van der Waals surface area contributed by atoms with Gasteiger partial charge in [-0.1, -0.05) is 24.3 Å². The summed E-state index contributed by atoms with van der Waals surface area (Å²) in [6.45, 7) is 5.66. The summed E-state index contributed by atoms with van der Waals surface area (Å²) in [5, 5.41) is 2.96. The second-order valence-corrected chi connectivity index (χ2v) is 13.6. The van der Waals surface area contributed by atoms with E-state index >= 15 is 0 Å². The number of carbonyl (C=O) groups is 1. The number of hydrogen-bond acceptors (Lipinski definition) is 3. The van der Waals surface area contributed by atoms with E-state index in [1.165, 1.54) is 43.7 Å². The minimum absolute atomic E-state index is 0.0978. The average molecular weight is 529 g/mol. The molecule has 0 atom stereocenters. The van der Waals surface area contributed by atoms with E-state index in [2.05, 4.69) is 22.2 Å². The lowest BCUT2D eigenvalue weighted by molar-refractivity contribution is -0.00277. The lowest BCUT2D eigenvalue weighted by Crippen LogP contribution is -2.43. The van der Waals surface area contributed by atoms with Crippen LogP contribution in [-0.2, 0) is 10.0 Å². The second-order valence-electron chi connectivity index (χ2n) is 11.9. The molecule has 6 heteroatoms. The lowest BCUT2D eigenvalue weighted by atomic mass is 9.51. The van der Waals surface area contributed by atoms with Crippen molar-refractivity contribution in [3.63, 3.8) is 0 Å². The highest BCUT2D eigenvalue weighted by Crippen LogP contribution is 2.59. The molecular formula is C32H36N2O3S. The quantitative estimate of drug-likeness (QED) is 0.355. The first kappa shape index (κ1) is 25.2. The molecule has 0 saturated heterocycles. The van der Waals surface area contributed by atoms with E-state index in [-0.39, 0.29) is 10.8 Å². The van der Waals surface area contributed by atoms with Gasteiger partial charge in [-0.3, -0.25) is 9.52 Å². The number of amides is 1. The number of nitrogens with one attached hydrogen (secondary N) is 2. The molecule has 4 aliphatic rings. The number of aryl methyl sites for hydroxylation is 3. The highest BCUT2D eigenvalue weighted by Gasteiger charge is 2.48. The first-order valence-electron chi connectivity index (χ1n) is 13.8. The average Bonchev–Trinajstić information content (AvgIpc) is 2.86. The lowest BCUT2D eigenvalue weighted by Gasteiger charge is -2.54. The number of rotatable bonds is 6. The molecule has 0 radical (unpaired) electrons. The van der Waals surface area contributed by atoms with Gasteiger partial charge in [-0.25, -0.2) is 8.42 Å². The Labute approximate surface area is 226 Å². The van der Waals surface area contributed by atoms with Crippen LogP contribution in [0.5, 0.6) is 0 Å². The van der Waals surface area contributed by atoms with Crippen LogP contribution in [-0.4, -0.2) is 14.3 Å². The van der Waals surface area contributed by atoms with Crippen LogP contribution in [0.3, 0.4) is 0 Å². The van der Waals surface area contributed by atoms with Crippen molar-refractivity contribution in [2.24, 2.45) is 23.7 Å². The Balaban J connectivity index is 1.17. The van der Waals surface area contributed by atoms with Crippen molar-refractivity contribution in [3.05, 3.63) is 88.5 Å². The summed E-state index contributed by atoms with van der Waals surface area (Å²) >= 11 is 0. The molecule has 198 valence electrons. The summed E-state index contributed by atoms with van der Waals surface area (Å²) in [4.78, 5) is 13.2. The zero-order valence-corrected chi connectivity index (χ0v) is 23.1. The first-order chi connectivity index (χ1) is 18.2. The second kappa shape index (κ2) is 9.57. The number of anilines is 2. The van der Waals surface area contributed by atoms with Crippen LogP contribution in [0.25, 0.3) is 0 Å². The Morgan fingerprint density at radius 2 is 1.32 bits per heavy atom. The maximum atomic E-state index is 13.2. The summed E-state index contributed by atoms with van der Waals surface area (Å²) in [6, 6.07) is 18.6. The molecule has 4 bridgehead atoms. The third-order valence-corrected chi connectivity index (χ3v) is 10.8. The van der Waals surface area contributed by atoms with Gasteiger partial charge in [0.1, 0.15) is 0 Å². The van der Waals surface area contributed by atoms with Crippen molar-refractivity contribution in [1.82, 2.24) is 0 Å². The van der Waals surface area contributed by atoms with Gasteiger partial charge in [-0.05, 0) is 141 Å². The van der Waals surface area contributed by atoms with Crippen LogP contribution in [0.1, 0.15) is 70.6 Å². The molecule has 1 amide bonds. The molecule has 2 N–H and O–H groups in total. The fourth-order valence-corrected chi connectivity index (χ4v) is 8.83. The van der Waals surface area contributed by atoms with E-state index < -0.39 is 10.0 Å². The van der Waals surface area contributed by atoms with Crippen LogP contribution >= 0.6 is 0 Å². The molecule has 5 nitrogen and oxygen atoms in total. The van der Waals surface area contributed by atoms with Gasteiger partial charge in [0.15, 0.2) is 0 Å². The summed E-state index contributed by atoms with van der Waals surface area (Å²) in [7, 11) is -3.86. The van der Waals surface area contributed by atoms with Gasteiger partial charge in [0.25, 0.3) is 15.9 Å². The van der Waals surface area contributed by atoms with Gasteiger partial charge in [0.2, 0.25) is 0 Å². The molecule has 7 rings (SSSR count). The van der Waals surface area contributed by atoms with Gasteiger partial charge in [-0.2, -0.15) is 0 Å². The minimum atomic E-state index is -3.86. The van der Waals surface area contributed by atoms with Crippen molar-refractivity contribution in [3.8, 4) is 0 Å². The van der Waals surface area contributed by atoms with Crippen molar-refractivity contribution in [2.75, 3.05) is 10.0 Å². The molecule has 3 aromatic carbocycles. The normalized spacial score (nSPS) is 25.8. The number of hydrogen-bond donors (Lipinski definition) is 2. The van der Waals surface area contributed by atoms with Gasteiger partial charge in [0, 0.05) is 16.9 Å². The predicted octanol–water partition coefficient (Wildman–Crippen LogP) is 7.20. The van der Waals surface area contributed by atoms with Gasteiger partial charge >= 0.3 is 0 Å². The molecule has 38 heavy (non-hydrogen) atoms. The molecule has 0 spiro atoms. The number of benzene rings is 3. The fraction of sp³-hybridized carbons (Fsp3) is 0.406. The van der Waals surface area contributed by atoms with Crippen LogP contribution < -0.4 is 10.0 Å². The fourth-order valence-electron chi connectivity index (χ4n) is 7.51. The molecule has 0 unspecified atom stereocenters. The third-order valence-electron chi connectivity index (χ3n) is 9.28. The molecule has 4 fully saturated rings. The molecule has 0 aliphatic heterocycles. The Hall–Kier alpha value is -3.12. The predicted molar refractivity (Wildman–Crippen MR) is 152 cm³/mol. The molecular weight excluding hydrogens is 492 g/mol. The SMILES string of the molecule is Cc1ccc(NS(=O)(=O)c2cc(C(=O)Nc3ccc(C4C5CC6CC(C5)CC4C6)cc3)ccc2C)cc1C. The topological polar surface area (TPSA) is 75.3 Å². The van der Waals surface area contributed by atoms with E-state index in [9.17, 15) is 13.2 Å². The smallest absolute Gasteiger partial charge is 0.262 e. The van der Waals surface area contributed by atoms with E-state index in [4.69, 9.17) is 0 Å². The van der Waals surface area contributed by atoms with Crippen LogP contribution in [0.4, 0.5) is 11.4 Å². The van der Waals surface area contributed by atoms with Crippen molar-refractivity contribution in [2.45, 2.75) is 63.7 Å². The zero-order chi connectivity index (χ0) is 26.6. The molecule has 3 aromatic rings. The summed E-state index contributed by atoms with van der Waals surface area (Å²) in [5.41, 5.74) is 5.61. The Morgan fingerprint density at radius 1 is 0.711 bits per heavy atom. The standard InChI is InChI=1S/C32H36N2O3S/c1-19-5-9-29(12-21(19)3)34-38(36,37)30-18-25(6-4-20(30)2)32(35)33-28-10-7-24(8-11-28)31-26-14-22-13-23(16-26)17-27(31)15-22/h4-12,18,22-23,26-27,31,34H,13-17H2,1-3H3,(H,33,35). The number of carbonyl (C=O) groups excluding carboxylic acids is 1. The third kappa shape index (κ3) is 4.75. The van der Waals surface area contributed by atoms with E-state index in [1.807, 2.05) is 38.1 Å². The minimum Gasteiger partial charge on any atom is -0.322 e. The molecule has 0 aromatic heterocycles. The maximum Gasteiger partial charge on any atom is 0.262 e. The number of sulfonamides is 1. The monoisotopic (exact) mass is 528 g/mol. The van der Waals surface area contributed by atoms with Gasteiger partial charge in [0.05, 0.1) is 4.90 Å². The Bertz CT molecular complexity index is 1470. The van der Waals surface area contributed by atoms with Crippen LogP contribution in [0.2, 0.25) is 0 Å². The van der Waals surface area contributed by atoms with Crippen molar-refractivity contribution < 1.29 is 13.2 Å². The molecule has 0 heterocycles. The Kier molecular flexibility index (Phi) is 6.34. The van der Waals surface area contributed by atoms with E-state index in [0.29, 0.717) is 22.7 Å². The Morgan fingerprint density at radius 3 is 1.95 bits per heavy atom. The van der Waals surface area contributed by atoms with Crippen LogP contribution in [0, 0.1) is 44.4 Å². The van der Waals surface area contributed by atoms with Crippen molar-refractivity contribution >= 4 is 27.3 Å².